The number of para-hydroxylation sites is 1. The summed E-state index contributed by atoms with van der Waals surface area (Å²) in [6.45, 7) is 2.20. The first-order chi connectivity index (χ1) is 10.3. The van der Waals surface area contributed by atoms with E-state index in [4.69, 9.17) is 0 Å². The molecule has 0 bridgehead atoms. The van der Waals surface area contributed by atoms with Crippen LogP contribution in [0.15, 0.2) is 51.8 Å². The van der Waals surface area contributed by atoms with Gasteiger partial charge in [-0.2, -0.15) is 0 Å². The quantitative estimate of drug-likeness (QED) is 0.718. The van der Waals surface area contributed by atoms with Gasteiger partial charge in [0.15, 0.2) is 0 Å². The van der Waals surface area contributed by atoms with Gasteiger partial charge in [0.1, 0.15) is 0 Å². The highest BCUT2D eigenvalue weighted by Crippen LogP contribution is 2.30. The van der Waals surface area contributed by atoms with Crippen molar-refractivity contribution in [3.8, 4) is 0 Å². The molecule has 1 aliphatic carbocycles. The van der Waals surface area contributed by atoms with Crippen molar-refractivity contribution in [3.05, 3.63) is 58.1 Å². The number of rotatable bonds is 4. The molecule has 0 radical (unpaired) electrons. The Morgan fingerprint density at radius 1 is 1.19 bits per heavy atom. The van der Waals surface area contributed by atoms with Crippen LogP contribution in [0.3, 0.4) is 0 Å². The van der Waals surface area contributed by atoms with Crippen LogP contribution in [0, 0.1) is 0 Å². The Morgan fingerprint density at radius 2 is 2.05 bits per heavy atom. The molecule has 21 heavy (non-hydrogen) atoms. The van der Waals surface area contributed by atoms with Crippen LogP contribution in [-0.4, -0.2) is 11.8 Å². The molecular weight excluding hydrogens is 342 g/mol. The van der Waals surface area contributed by atoms with E-state index in [0.717, 1.165) is 18.6 Å². The number of anilines is 1. The number of hydrogen-bond acceptors (Lipinski definition) is 2. The van der Waals surface area contributed by atoms with E-state index in [1.54, 1.807) is 0 Å². The van der Waals surface area contributed by atoms with Crippen LogP contribution >= 0.6 is 27.7 Å². The van der Waals surface area contributed by atoms with Crippen LogP contribution in [-0.2, 0) is 12.8 Å². The minimum atomic E-state index is 0.539. The second-order valence-corrected chi connectivity index (χ2v) is 7.65. The van der Waals surface area contributed by atoms with Crippen molar-refractivity contribution in [3.63, 3.8) is 0 Å². The molecule has 3 rings (SSSR count). The average Bonchev–Trinajstić information content (AvgIpc) is 2.50. The number of hydrogen-bond donors (Lipinski definition) is 1. The Kier molecular flexibility index (Phi) is 4.91. The molecule has 0 saturated heterocycles. The molecule has 110 valence electrons. The van der Waals surface area contributed by atoms with Crippen molar-refractivity contribution in [2.75, 3.05) is 11.1 Å². The van der Waals surface area contributed by atoms with Crippen LogP contribution in [0.5, 0.6) is 0 Å². The highest BCUT2D eigenvalue weighted by atomic mass is 79.9. The van der Waals surface area contributed by atoms with Crippen molar-refractivity contribution >= 4 is 33.4 Å². The summed E-state index contributed by atoms with van der Waals surface area (Å²) in [5, 5.41) is 3.76. The molecule has 2 aromatic carbocycles. The summed E-state index contributed by atoms with van der Waals surface area (Å²) in [4.78, 5) is 1.36. The van der Waals surface area contributed by atoms with E-state index in [2.05, 4.69) is 70.6 Å². The fourth-order valence-electron chi connectivity index (χ4n) is 2.93. The molecule has 1 unspecified atom stereocenters. The van der Waals surface area contributed by atoms with Crippen molar-refractivity contribution < 1.29 is 0 Å². The van der Waals surface area contributed by atoms with E-state index in [-0.39, 0.29) is 0 Å². The molecule has 0 aromatic heterocycles. The van der Waals surface area contributed by atoms with E-state index < -0.39 is 0 Å². The Bertz CT molecular complexity index is 626. The van der Waals surface area contributed by atoms with Crippen molar-refractivity contribution in [1.82, 2.24) is 0 Å². The number of aryl methyl sites for hydroxylation is 1. The third-order valence-electron chi connectivity index (χ3n) is 3.94. The predicted molar refractivity (Wildman–Crippen MR) is 96.4 cm³/mol. The van der Waals surface area contributed by atoms with Gasteiger partial charge in [0.2, 0.25) is 0 Å². The standard InChI is InChI=1S/C18H20BrNS/c1-2-21-18-6-4-3-5-17(18)20-16-10-8-13-11-15(19)9-7-14(13)12-16/h3-7,9,11,16,20H,2,8,10,12H2,1H3. The maximum Gasteiger partial charge on any atom is 0.0480 e. The molecule has 1 nitrogen and oxygen atoms in total. The van der Waals surface area contributed by atoms with Crippen LogP contribution in [0.25, 0.3) is 0 Å². The number of nitrogens with one attached hydrogen (secondary N) is 1. The van der Waals surface area contributed by atoms with Gasteiger partial charge in [-0.1, -0.05) is 41.1 Å². The lowest BCUT2D eigenvalue weighted by atomic mass is 9.88. The molecule has 0 fully saturated rings. The van der Waals surface area contributed by atoms with Crippen molar-refractivity contribution in [2.45, 2.75) is 37.1 Å². The molecule has 0 spiro atoms. The van der Waals surface area contributed by atoms with E-state index in [9.17, 15) is 0 Å². The summed E-state index contributed by atoms with van der Waals surface area (Å²) in [7, 11) is 0. The van der Waals surface area contributed by atoms with Gasteiger partial charge in [-0.25, -0.2) is 0 Å². The van der Waals surface area contributed by atoms with Crippen LogP contribution in [0.1, 0.15) is 24.5 Å². The summed E-state index contributed by atoms with van der Waals surface area (Å²) in [5.41, 5.74) is 4.27. The van der Waals surface area contributed by atoms with Gasteiger partial charge in [-0.3, -0.25) is 0 Å². The van der Waals surface area contributed by atoms with Gasteiger partial charge in [0.05, 0.1) is 0 Å². The molecule has 0 heterocycles. The number of fused-ring (bicyclic) bond motifs is 1. The lowest BCUT2D eigenvalue weighted by molar-refractivity contribution is 0.609. The molecule has 1 N–H and O–H groups in total. The van der Waals surface area contributed by atoms with Gasteiger partial charge in [0.25, 0.3) is 0 Å². The van der Waals surface area contributed by atoms with Gasteiger partial charge in [-0.15, -0.1) is 11.8 Å². The van der Waals surface area contributed by atoms with Gasteiger partial charge >= 0.3 is 0 Å². The molecule has 3 heteroatoms. The average molecular weight is 362 g/mol. The molecule has 0 amide bonds. The molecule has 0 saturated carbocycles. The maximum absolute atomic E-state index is 3.76. The second kappa shape index (κ2) is 6.89. The lowest BCUT2D eigenvalue weighted by Crippen LogP contribution is -2.27. The largest absolute Gasteiger partial charge is 0.381 e. The van der Waals surface area contributed by atoms with Gasteiger partial charge in [0, 0.05) is 21.1 Å². The Hall–Kier alpha value is -0.930. The fourth-order valence-corrected chi connectivity index (χ4v) is 4.11. The first-order valence-corrected chi connectivity index (χ1v) is 9.30. The lowest BCUT2D eigenvalue weighted by Gasteiger charge is -2.27. The third kappa shape index (κ3) is 3.64. The Labute approximate surface area is 139 Å². The van der Waals surface area contributed by atoms with E-state index in [1.807, 2.05) is 11.8 Å². The SMILES string of the molecule is CCSc1ccccc1NC1CCc2cc(Br)ccc2C1. The predicted octanol–water partition coefficient (Wildman–Crippen LogP) is 5.53. The maximum atomic E-state index is 3.76. The number of halogens is 1. The zero-order valence-corrected chi connectivity index (χ0v) is 14.6. The summed E-state index contributed by atoms with van der Waals surface area (Å²) in [6.07, 6.45) is 3.48. The summed E-state index contributed by atoms with van der Waals surface area (Å²) in [5.74, 6) is 1.11. The van der Waals surface area contributed by atoms with Crippen LogP contribution in [0.4, 0.5) is 5.69 Å². The number of benzene rings is 2. The first-order valence-electron chi connectivity index (χ1n) is 7.52. The Balaban J connectivity index is 1.74. The highest BCUT2D eigenvalue weighted by Gasteiger charge is 2.19. The molecule has 2 aromatic rings. The zero-order valence-electron chi connectivity index (χ0n) is 12.2. The molecule has 1 aliphatic rings. The molecule has 0 aliphatic heterocycles. The normalized spacial score (nSPS) is 17.3. The summed E-state index contributed by atoms with van der Waals surface area (Å²) in [6, 6.07) is 15.9. The van der Waals surface area contributed by atoms with E-state index in [0.29, 0.717) is 6.04 Å². The molecular formula is C18H20BrNS. The second-order valence-electron chi connectivity index (χ2n) is 5.43. The highest BCUT2D eigenvalue weighted by molar-refractivity contribution is 9.10. The minimum Gasteiger partial charge on any atom is -0.381 e. The summed E-state index contributed by atoms with van der Waals surface area (Å²) < 4.78 is 1.19. The van der Waals surface area contributed by atoms with Gasteiger partial charge < -0.3 is 5.32 Å². The number of thioether (sulfide) groups is 1. The van der Waals surface area contributed by atoms with Gasteiger partial charge in [-0.05, 0) is 60.4 Å². The Morgan fingerprint density at radius 3 is 2.90 bits per heavy atom. The van der Waals surface area contributed by atoms with E-state index >= 15 is 0 Å². The third-order valence-corrected chi connectivity index (χ3v) is 5.39. The van der Waals surface area contributed by atoms with Crippen LogP contribution in [0.2, 0.25) is 0 Å². The van der Waals surface area contributed by atoms with Crippen molar-refractivity contribution in [1.29, 1.82) is 0 Å². The first kappa shape index (κ1) is 15.0. The molecule has 1 atom stereocenters. The van der Waals surface area contributed by atoms with Crippen LogP contribution < -0.4 is 5.32 Å². The fraction of sp³-hybridized carbons (Fsp3) is 0.333. The minimum absolute atomic E-state index is 0.539. The topological polar surface area (TPSA) is 12.0 Å². The van der Waals surface area contributed by atoms with E-state index in [1.165, 1.54) is 32.6 Å². The smallest absolute Gasteiger partial charge is 0.0480 e. The summed E-state index contributed by atoms with van der Waals surface area (Å²) >= 11 is 5.48. The zero-order chi connectivity index (χ0) is 14.7. The monoisotopic (exact) mass is 361 g/mol. The van der Waals surface area contributed by atoms with Crippen molar-refractivity contribution in [2.24, 2.45) is 0 Å².